The average molecular weight is 347 g/mol. The summed E-state index contributed by atoms with van der Waals surface area (Å²) >= 11 is 1.26. The van der Waals surface area contributed by atoms with E-state index in [0.717, 1.165) is 17.0 Å². The summed E-state index contributed by atoms with van der Waals surface area (Å²) < 4.78 is 1.85. The standard InChI is InChI=1S/C16H21N5O2S/c1-5-17-15(23)18-14(22)11(3)24-16-20-19-13(21(16)4)12-9-7-6-8-10(12)2/h6-9,11H,5H2,1-4H3,(H2,17,18,22,23)/t11-/m0/s1. The fourth-order valence-electron chi connectivity index (χ4n) is 2.11. The maximum Gasteiger partial charge on any atom is 0.321 e. The van der Waals surface area contributed by atoms with E-state index in [4.69, 9.17) is 0 Å². The van der Waals surface area contributed by atoms with Gasteiger partial charge in [0.05, 0.1) is 5.25 Å². The van der Waals surface area contributed by atoms with Gasteiger partial charge in [0.1, 0.15) is 0 Å². The largest absolute Gasteiger partial charge is 0.338 e. The molecule has 7 nitrogen and oxygen atoms in total. The molecule has 0 aliphatic rings. The van der Waals surface area contributed by atoms with E-state index in [0.29, 0.717) is 11.7 Å². The maximum atomic E-state index is 12.0. The first-order valence-corrected chi connectivity index (χ1v) is 8.52. The lowest BCUT2D eigenvalue weighted by Gasteiger charge is -2.11. The van der Waals surface area contributed by atoms with Gasteiger partial charge >= 0.3 is 6.03 Å². The average Bonchev–Trinajstić information content (AvgIpc) is 2.89. The monoisotopic (exact) mass is 347 g/mol. The Bertz CT molecular complexity index is 744. The van der Waals surface area contributed by atoms with E-state index in [1.807, 2.05) is 42.8 Å². The Morgan fingerprint density at radius 2 is 2.00 bits per heavy atom. The van der Waals surface area contributed by atoms with Gasteiger partial charge in [0, 0.05) is 19.2 Å². The van der Waals surface area contributed by atoms with Gasteiger partial charge in [-0.05, 0) is 26.3 Å². The number of aryl methyl sites for hydroxylation is 1. The number of rotatable bonds is 5. The number of aromatic nitrogens is 3. The molecule has 1 aromatic heterocycles. The molecule has 0 unspecified atom stereocenters. The number of carbonyl (C=O) groups is 2. The minimum Gasteiger partial charge on any atom is -0.338 e. The second-order valence-electron chi connectivity index (χ2n) is 5.29. The van der Waals surface area contributed by atoms with E-state index in [9.17, 15) is 9.59 Å². The molecule has 1 heterocycles. The maximum absolute atomic E-state index is 12.0. The smallest absolute Gasteiger partial charge is 0.321 e. The quantitative estimate of drug-likeness (QED) is 0.809. The lowest BCUT2D eigenvalue weighted by atomic mass is 10.1. The highest BCUT2D eigenvalue weighted by Crippen LogP contribution is 2.27. The third-order valence-electron chi connectivity index (χ3n) is 3.45. The number of nitrogens with one attached hydrogen (secondary N) is 2. The molecule has 2 aromatic rings. The first-order valence-electron chi connectivity index (χ1n) is 7.64. The summed E-state index contributed by atoms with van der Waals surface area (Å²) in [6.45, 7) is 5.99. The molecule has 0 saturated carbocycles. The molecule has 0 aliphatic heterocycles. The van der Waals surface area contributed by atoms with Crippen molar-refractivity contribution in [1.29, 1.82) is 0 Å². The van der Waals surface area contributed by atoms with E-state index in [2.05, 4.69) is 20.8 Å². The molecule has 0 spiro atoms. The number of hydrogen-bond donors (Lipinski definition) is 2. The predicted octanol–water partition coefficient (Wildman–Crippen LogP) is 2.12. The van der Waals surface area contributed by atoms with Gasteiger partial charge in [-0.3, -0.25) is 10.1 Å². The third-order valence-corrected chi connectivity index (χ3v) is 4.58. The van der Waals surface area contributed by atoms with Gasteiger partial charge in [-0.25, -0.2) is 4.79 Å². The van der Waals surface area contributed by atoms with Crippen molar-refractivity contribution in [2.24, 2.45) is 7.05 Å². The number of amides is 3. The fourth-order valence-corrected chi connectivity index (χ4v) is 2.92. The number of hydrogen-bond acceptors (Lipinski definition) is 5. The molecule has 2 N–H and O–H groups in total. The molecule has 3 amide bonds. The van der Waals surface area contributed by atoms with Crippen LogP contribution in [0.25, 0.3) is 11.4 Å². The lowest BCUT2D eigenvalue weighted by Crippen LogP contribution is -2.42. The molecule has 0 radical (unpaired) electrons. The molecule has 0 saturated heterocycles. The Hall–Kier alpha value is -2.35. The van der Waals surface area contributed by atoms with E-state index in [-0.39, 0.29) is 5.91 Å². The molecule has 24 heavy (non-hydrogen) atoms. The summed E-state index contributed by atoms with van der Waals surface area (Å²) in [6.07, 6.45) is 0. The van der Waals surface area contributed by atoms with Gasteiger partial charge in [0.25, 0.3) is 0 Å². The van der Waals surface area contributed by atoms with Crippen LogP contribution in [0.1, 0.15) is 19.4 Å². The van der Waals surface area contributed by atoms with Crippen molar-refractivity contribution in [2.75, 3.05) is 6.54 Å². The van der Waals surface area contributed by atoms with Crippen LogP contribution in [0.2, 0.25) is 0 Å². The van der Waals surface area contributed by atoms with Crippen molar-refractivity contribution < 1.29 is 9.59 Å². The van der Waals surface area contributed by atoms with Crippen molar-refractivity contribution in [3.05, 3.63) is 29.8 Å². The van der Waals surface area contributed by atoms with Crippen molar-refractivity contribution in [2.45, 2.75) is 31.2 Å². The normalized spacial score (nSPS) is 11.8. The van der Waals surface area contributed by atoms with Gasteiger partial charge in [-0.15, -0.1) is 10.2 Å². The number of thioether (sulfide) groups is 1. The summed E-state index contributed by atoms with van der Waals surface area (Å²) in [7, 11) is 1.86. The van der Waals surface area contributed by atoms with Crippen LogP contribution in [0, 0.1) is 6.92 Å². The van der Waals surface area contributed by atoms with Crippen molar-refractivity contribution in [1.82, 2.24) is 25.4 Å². The molecule has 1 atom stereocenters. The number of nitrogens with zero attached hydrogens (tertiary/aromatic N) is 3. The van der Waals surface area contributed by atoms with Gasteiger partial charge < -0.3 is 9.88 Å². The van der Waals surface area contributed by atoms with Gasteiger partial charge in [-0.1, -0.05) is 36.0 Å². The molecule has 1 aromatic carbocycles. The number of benzene rings is 1. The predicted molar refractivity (Wildman–Crippen MR) is 93.7 cm³/mol. The number of carbonyl (C=O) groups excluding carboxylic acids is 2. The highest BCUT2D eigenvalue weighted by molar-refractivity contribution is 8.00. The van der Waals surface area contributed by atoms with Gasteiger partial charge in [-0.2, -0.15) is 0 Å². The molecule has 128 valence electrons. The van der Waals surface area contributed by atoms with Gasteiger partial charge in [0.2, 0.25) is 5.91 Å². The first kappa shape index (κ1) is 18.0. The van der Waals surface area contributed by atoms with E-state index in [1.54, 1.807) is 13.8 Å². The van der Waals surface area contributed by atoms with Crippen LogP contribution in [0.3, 0.4) is 0 Å². The molecule has 2 rings (SSSR count). The van der Waals surface area contributed by atoms with Crippen molar-refractivity contribution in [3.8, 4) is 11.4 Å². The number of imide groups is 1. The molecule has 0 bridgehead atoms. The Balaban J connectivity index is 2.10. The minimum atomic E-state index is -0.492. The molecule has 0 fully saturated rings. The topological polar surface area (TPSA) is 88.9 Å². The summed E-state index contributed by atoms with van der Waals surface area (Å²) in [6, 6.07) is 7.43. The second-order valence-corrected chi connectivity index (χ2v) is 6.60. The van der Waals surface area contributed by atoms with Crippen molar-refractivity contribution in [3.63, 3.8) is 0 Å². The highest BCUT2D eigenvalue weighted by atomic mass is 32.2. The SMILES string of the molecule is CCNC(=O)NC(=O)[C@H](C)Sc1nnc(-c2ccccc2C)n1C. The Labute approximate surface area is 145 Å². The van der Waals surface area contributed by atoms with Crippen LogP contribution in [-0.2, 0) is 11.8 Å². The Kier molecular flexibility index (Phi) is 5.97. The van der Waals surface area contributed by atoms with Crippen LogP contribution >= 0.6 is 11.8 Å². The zero-order chi connectivity index (χ0) is 17.7. The van der Waals surface area contributed by atoms with E-state index in [1.165, 1.54) is 11.8 Å². The molecule has 0 aliphatic carbocycles. The highest BCUT2D eigenvalue weighted by Gasteiger charge is 2.21. The molecular weight excluding hydrogens is 326 g/mol. The summed E-state index contributed by atoms with van der Waals surface area (Å²) in [5, 5.41) is 13.4. The third kappa shape index (κ3) is 4.14. The summed E-state index contributed by atoms with van der Waals surface area (Å²) in [4.78, 5) is 23.4. The van der Waals surface area contributed by atoms with Crippen LogP contribution in [0.15, 0.2) is 29.4 Å². The van der Waals surface area contributed by atoms with E-state index < -0.39 is 11.3 Å². The van der Waals surface area contributed by atoms with Crippen LogP contribution < -0.4 is 10.6 Å². The van der Waals surface area contributed by atoms with Crippen LogP contribution in [0.5, 0.6) is 0 Å². The lowest BCUT2D eigenvalue weighted by molar-refractivity contribution is -0.119. The Morgan fingerprint density at radius 3 is 2.67 bits per heavy atom. The molecular formula is C16H21N5O2S. The zero-order valence-electron chi connectivity index (χ0n) is 14.2. The number of urea groups is 1. The first-order chi connectivity index (χ1) is 11.4. The zero-order valence-corrected chi connectivity index (χ0v) is 15.0. The van der Waals surface area contributed by atoms with Gasteiger partial charge in [0.15, 0.2) is 11.0 Å². The van der Waals surface area contributed by atoms with E-state index >= 15 is 0 Å². The molecule has 8 heteroatoms. The van der Waals surface area contributed by atoms with Crippen molar-refractivity contribution >= 4 is 23.7 Å². The fraction of sp³-hybridized carbons (Fsp3) is 0.375. The minimum absolute atomic E-state index is 0.369. The summed E-state index contributed by atoms with van der Waals surface area (Å²) in [5.41, 5.74) is 2.10. The Morgan fingerprint density at radius 1 is 1.29 bits per heavy atom. The van der Waals surface area contributed by atoms with Crippen LogP contribution in [0.4, 0.5) is 4.79 Å². The van der Waals surface area contributed by atoms with Crippen LogP contribution in [-0.4, -0.2) is 38.5 Å². The second kappa shape index (κ2) is 7.96. The summed E-state index contributed by atoms with van der Waals surface area (Å²) in [5.74, 6) is 0.373.